The molecule has 2 N–H and O–H groups in total. The van der Waals surface area contributed by atoms with Crippen LogP contribution >= 0.6 is 0 Å². The summed E-state index contributed by atoms with van der Waals surface area (Å²) in [6.07, 6.45) is 2.19. The van der Waals surface area contributed by atoms with Crippen LogP contribution in [-0.4, -0.2) is 32.8 Å². The highest BCUT2D eigenvalue weighted by Crippen LogP contribution is 2.34. The monoisotopic (exact) mass is 374 g/mol. The molecule has 1 saturated heterocycles. The molecule has 7 heteroatoms. The summed E-state index contributed by atoms with van der Waals surface area (Å²) in [5.41, 5.74) is 8.61. The molecule has 0 atom stereocenters. The number of halogens is 1. The largest absolute Gasteiger partial charge is 0.383 e. The van der Waals surface area contributed by atoms with E-state index >= 15 is 0 Å². The summed E-state index contributed by atoms with van der Waals surface area (Å²) in [6.45, 7) is 1.77. The third-order valence-electron chi connectivity index (χ3n) is 5.08. The highest BCUT2D eigenvalue weighted by Gasteiger charge is 2.23. The number of aromatic nitrogens is 4. The summed E-state index contributed by atoms with van der Waals surface area (Å²) in [6, 6.07) is 16.2. The first-order chi connectivity index (χ1) is 13.7. The Bertz CT molecular complexity index is 1150. The zero-order valence-electron chi connectivity index (χ0n) is 15.2. The summed E-state index contributed by atoms with van der Waals surface area (Å²) in [5.74, 6) is 0.620. The summed E-state index contributed by atoms with van der Waals surface area (Å²) < 4.78 is 16.3. The van der Waals surface area contributed by atoms with Crippen molar-refractivity contribution in [1.82, 2.24) is 19.7 Å². The molecule has 0 bridgehead atoms. The third kappa shape index (κ3) is 2.67. The normalized spacial score (nSPS) is 14.1. The number of para-hydroxylation sites is 1. The Labute approximate surface area is 161 Å². The van der Waals surface area contributed by atoms with E-state index in [4.69, 9.17) is 10.7 Å². The molecule has 28 heavy (non-hydrogen) atoms. The fraction of sp³-hybridized carbons (Fsp3) is 0.190. The molecule has 140 valence electrons. The van der Waals surface area contributed by atoms with Gasteiger partial charge in [-0.2, -0.15) is 4.98 Å². The topological polar surface area (TPSA) is 72.9 Å². The first kappa shape index (κ1) is 16.7. The van der Waals surface area contributed by atoms with Gasteiger partial charge in [-0.1, -0.05) is 30.3 Å². The van der Waals surface area contributed by atoms with Crippen LogP contribution in [0.2, 0.25) is 0 Å². The van der Waals surface area contributed by atoms with Gasteiger partial charge in [0.05, 0.1) is 16.8 Å². The summed E-state index contributed by atoms with van der Waals surface area (Å²) >= 11 is 0. The minimum absolute atomic E-state index is 0.346. The van der Waals surface area contributed by atoms with Gasteiger partial charge < -0.3 is 10.6 Å². The molecule has 0 amide bonds. The lowest BCUT2D eigenvalue weighted by molar-refractivity contribution is 0.631. The van der Waals surface area contributed by atoms with Crippen molar-refractivity contribution in [1.29, 1.82) is 0 Å². The third-order valence-corrected chi connectivity index (χ3v) is 5.08. The number of nitrogens with two attached hydrogens (primary N) is 1. The zero-order chi connectivity index (χ0) is 19.1. The highest BCUT2D eigenvalue weighted by molar-refractivity contribution is 5.99. The first-order valence-corrected chi connectivity index (χ1v) is 9.34. The van der Waals surface area contributed by atoms with Gasteiger partial charge in [0.15, 0.2) is 5.65 Å². The van der Waals surface area contributed by atoms with Crippen molar-refractivity contribution in [2.75, 3.05) is 23.7 Å². The predicted molar refractivity (Wildman–Crippen MR) is 108 cm³/mol. The SMILES string of the molecule is Nc1c2c(-c3ccccc3F)nc(N3CCCC3)nc2nn1-c1ccccc1. The maximum atomic E-state index is 14.6. The van der Waals surface area contributed by atoms with E-state index < -0.39 is 0 Å². The average Bonchev–Trinajstić information content (AvgIpc) is 3.37. The number of rotatable bonds is 3. The molecular weight excluding hydrogens is 355 g/mol. The molecule has 1 aliphatic rings. The molecule has 1 fully saturated rings. The Morgan fingerprint density at radius 3 is 2.36 bits per heavy atom. The number of hydrogen-bond donors (Lipinski definition) is 1. The van der Waals surface area contributed by atoms with Crippen LogP contribution in [0.3, 0.4) is 0 Å². The fourth-order valence-electron chi connectivity index (χ4n) is 3.67. The lowest BCUT2D eigenvalue weighted by Gasteiger charge is -2.16. The summed E-state index contributed by atoms with van der Waals surface area (Å²) in [4.78, 5) is 11.5. The Morgan fingerprint density at radius 1 is 0.893 bits per heavy atom. The first-order valence-electron chi connectivity index (χ1n) is 9.34. The van der Waals surface area contributed by atoms with Crippen LogP contribution in [0.4, 0.5) is 16.2 Å². The molecule has 2 aromatic heterocycles. The van der Waals surface area contributed by atoms with Crippen molar-refractivity contribution >= 4 is 22.8 Å². The number of hydrogen-bond acceptors (Lipinski definition) is 5. The number of fused-ring (bicyclic) bond motifs is 1. The average molecular weight is 374 g/mol. The Kier molecular flexibility index (Phi) is 3.93. The van der Waals surface area contributed by atoms with Gasteiger partial charge in [-0.05, 0) is 37.1 Å². The minimum atomic E-state index is -0.346. The van der Waals surface area contributed by atoms with Crippen LogP contribution in [-0.2, 0) is 0 Å². The molecule has 1 aliphatic heterocycles. The Morgan fingerprint density at radius 2 is 1.61 bits per heavy atom. The molecule has 0 saturated carbocycles. The van der Waals surface area contributed by atoms with Crippen molar-refractivity contribution in [2.24, 2.45) is 0 Å². The van der Waals surface area contributed by atoms with E-state index in [-0.39, 0.29) is 5.82 Å². The maximum absolute atomic E-state index is 14.6. The second kappa shape index (κ2) is 6.60. The number of nitrogen functional groups attached to an aromatic ring is 1. The van der Waals surface area contributed by atoms with Crippen molar-refractivity contribution in [2.45, 2.75) is 12.8 Å². The lowest BCUT2D eigenvalue weighted by Crippen LogP contribution is -2.20. The van der Waals surface area contributed by atoms with E-state index in [1.165, 1.54) is 6.07 Å². The number of anilines is 2. The van der Waals surface area contributed by atoms with Crippen molar-refractivity contribution in [3.05, 3.63) is 60.4 Å². The Hall–Kier alpha value is -3.48. The van der Waals surface area contributed by atoms with Crippen LogP contribution in [0, 0.1) is 5.82 Å². The van der Waals surface area contributed by atoms with Crippen molar-refractivity contribution in [3.8, 4) is 16.9 Å². The van der Waals surface area contributed by atoms with Gasteiger partial charge in [-0.3, -0.25) is 0 Å². The minimum Gasteiger partial charge on any atom is -0.383 e. The van der Waals surface area contributed by atoms with E-state index in [0.29, 0.717) is 34.1 Å². The smallest absolute Gasteiger partial charge is 0.228 e. The van der Waals surface area contributed by atoms with Crippen LogP contribution in [0.1, 0.15) is 12.8 Å². The molecule has 2 aromatic carbocycles. The van der Waals surface area contributed by atoms with Gasteiger partial charge >= 0.3 is 0 Å². The van der Waals surface area contributed by atoms with E-state index in [2.05, 4.69) is 15.0 Å². The second-order valence-electron chi connectivity index (χ2n) is 6.88. The van der Waals surface area contributed by atoms with Crippen LogP contribution in [0.15, 0.2) is 54.6 Å². The second-order valence-corrected chi connectivity index (χ2v) is 6.88. The van der Waals surface area contributed by atoms with Gasteiger partial charge in [0, 0.05) is 18.7 Å². The molecule has 5 rings (SSSR count). The van der Waals surface area contributed by atoms with E-state index in [9.17, 15) is 4.39 Å². The standard InChI is InChI=1S/C21H19FN6/c22-16-11-5-4-10-15(16)18-17-19(23)28(14-8-2-1-3-9-14)26-20(17)25-21(24-18)27-12-6-7-13-27/h1-5,8-11H,6-7,12-13,23H2. The van der Waals surface area contributed by atoms with Gasteiger partial charge in [0.25, 0.3) is 0 Å². The maximum Gasteiger partial charge on any atom is 0.228 e. The van der Waals surface area contributed by atoms with Crippen LogP contribution in [0.5, 0.6) is 0 Å². The molecule has 4 aromatic rings. The van der Waals surface area contributed by atoms with E-state index in [1.54, 1.807) is 22.9 Å². The van der Waals surface area contributed by atoms with Crippen molar-refractivity contribution in [3.63, 3.8) is 0 Å². The zero-order valence-corrected chi connectivity index (χ0v) is 15.2. The molecule has 6 nitrogen and oxygen atoms in total. The van der Waals surface area contributed by atoms with Gasteiger partial charge in [0.1, 0.15) is 11.6 Å². The van der Waals surface area contributed by atoms with Crippen molar-refractivity contribution < 1.29 is 4.39 Å². The predicted octanol–water partition coefficient (Wildman–Crippen LogP) is 3.80. The lowest BCUT2D eigenvalue weighted by atomic mass is 10.1. The van der Waals surface area contributed by atoms with E-state index in [1.807, 2.05) is 30.3 Å². The Balaban J connectivity index is 1.80. The fourth-order valence-corrected chi connectivity index (χ4v) is 3.67. The molecule has 3 heterocycles. The molecule has 0 spiro atoms. The summed E-state index contributed by atoms with van der Waals surface area (Å²) in [5, 5.41) is 5.19. The molecule has 0 aliphatic carbocycles. The molecule has 0 radical (unpaired) electrons. The molecule has 0 unspecified atom stereocenters. The quantitative estimate of drug-likeness (QED) is 0.590. The van der Waals surface area contributed by atoms with Gasteiger partial charge in [0.2, 0.25) is 5.95 Å². The summed E-state index contributed by atoms with van der Waals surface area (Å²) in [7, 11) is 0. The van der Waals surface area contributed by atoms with Gasteiger partial charge in [-0.15, -0.1) is 5.10 Å². The number of nitrogens with zero attached hydrogens (tertiary/aromatic N) is 5. The highest BCUT2D eigenvalue weighted by atomic mass is 19.1. The van der Waals surface area contributed by atoms with Crippen LogP contribution < -0.4 is 10.6 Å². The molecular formula is C21H19FN6. The van der Waals surface area contributed by atoms with Crippen LogP contribution in [0.25, 0.3) is 28.0 Å². The van der Waals surface area contributed by atoms with E-state index in [0.717, 1.165) is 31.6 Å². The van der Waals surface area contributed by atoms with Gasteiger partial charge in [-0.25, -0.2) is 14.1 Å². The number of benzene rings is 2.